The molecule has 3 unspecified atom stereocenters. The fraction of sp³-hybridized carbons (Fsp3) is 0.654. The monoisotopic (exact) mass is 616 g/mol. The van der Waals surface area contributed by atoms with Gasteiger partial charge in [0.15, 0.2) is 6.23 Å². The fourth-order valence-corrected chi connectivity index (χ4v) is 5.12. The summed E-state index contributed by atoms with van der Waals surface area (Å²) < 4.78 is 37.2. The first-order chi connectivity index (χ1) is 19.8. The summed E-state index contributed by atoms with van der Waals surface area (Å²) >= 11 is 0. The molecule has 0 bridgehead atoms. The van der Waals surface area contributed by atoms with Crippen molar-refractivity contribution in [3.63, 3.8) is 0 Å². The van der Waals surface area contributed by atoms with Crippen LogP contribution in [-0.4, -0.2) is 104 Å². The molecule has 15 nitrogen and oxygen atoms in total. The van der Waals surface area contributed by atoms with Gasteiger partial charge in [0, 0.05) is 39.2 Å². The van der Waals surface area contributed by atoms with Gasteiger partial charge in [-0.15, -0.1) is 0 Å². The highest BCUT2D eigenvalue weighted by Crippen LogP contribution is 2.32. The van der Waals surface area contributed by atoms with Gasteiger partial charge in [0.1, 0.15) is 31.1 Å². The Kier molecular flexibility index (Phi) is 13.4. The number of hydroxylamine groups is 1. The van der Waals surface area contributed by atoms with E-state index >= 15 is 0 Å². The highest BCUT2D eigenvalue weighted by Gasteiger charge is 2.43. The van der Waals surface area contributed by atoms with Crippen molar-refractivity contribution in [1.82, 2.24) is 10.4 Å². The van der Waals surface area contributed by atoms with E-state index in [1.54, 1.807) is 32.0 Å². The molecule has 1 aromatic rings. The van der Waals surface area contributed by atoms with Gasteiger partial charge in [-0.05, 0) is 51.4 Å². The molecule has 1 fully saturated rings. The minimum Gasteiger partial charge on any atom is -0.446 e. The number of likely N-dealkylation sites (N-methyl/N-ethyl adjacent to an activating group) is 1. The Labute approximate surface area is 247 Å². The van der Waals surface area contributed by atoms with Crippen molar-refractivity contribution in [2.45, 2.75) is 52.6 Å². The summed E-state index contributed by atoms with van der Waals surface area (Å²) in [5, 5.41) is 5.28. The predicted molar refractivity (Wildman–Crippen MR) is 154 cm³/mol. The van der Waals surface area contributed by atoms with Crippen molar-refractivity contribution in [2.75, 3.05) is 65.0 Å². The van der Waals surface area contributed by atoms with Gasteiger partial charge >= 0.3 is 27.1 Å². The quantitative estimate of drug-likeness (QED) is 0.159. The number of anilines is 2. The number of carbonyl (C=O) groups is 3. The van der Waals surface area contributed by atoms with Crippen molar-refractivity contribution in [3.05, 3.63) is 23.8 Å². The van der Waals surface area contributed by atoms with Gasteiger partial charge in [0.25, 0.3) is 0 Å². The van der Waals surface area contributed by atoms with Gasteiger partial charge in [-0.2, -0.15) is 5.48 Å². The molecule has 0 spiro atoms. The highest BCUT2D eigenvalue weighted by molar-refractivity contribution is 6.60. The first kappa shape index (κ1) is 35.2. The molecule has 1 aliphatic heterocycles. The smallest absolute Gasteiger partial charge is 0.446 e. The number of rotatable bonds is 14. The number of hydrogen-bond donors (Lipinski definition) is 3. The summed E-state index contributed by atoms with van der Waals surface area (Å²) in [5.41, 5.74) is 3.25. The van der Waals surface area contributed by atoms with Crippen LogP contribution in [0.15, 0.2) is 18.2 Å². The van der Waals surface area contributed by atoms with Crippen LogP contribution in [0.5, 0.6) is 0 Å². The maximum Gasteiger partial charge on any atom is 0.540 e. The topological polar surface area (TPSA) is 164 Å². The molecular formula is C26H44N4O11Si. The largest absolute Gasteiger partial charge is 0.540 e. The Hall–Kier alpha value is -2.99. The summed E-state index contributed by atoms with van der Waals surface area (Å²) in [6, 6.07) is 4.96. The van der Waals surface area contributed by atoms with Gasteiger partial charge < -0.3 is 32.2 Å². The van der Waals surface area contributed by atoms with Gasteiger partial charge in [-0.1, -0.05) is 19.9 Å². The van der Waals surface area contributed by atoms with Crippen LogP contribution >= 0.6 is 0 Å². The lowest BCUT2D eigenvalue weighted by Crippen LogP contribution is -2.49. The van der Waals surface area contributed by atoms with Crippen LogP contribution in [0.3, 0.4) is 0 Å². The summed E-state index contributed by atoms with van der Waals surface area (Å²) in [6.07, 6.45) is -3.51. The van der Waals surface area contributed by atoms with Crippen LogP contribution in [0, 0.1) is 12.8 Å². The summed E-state index contributed by atoms with van der Waals surface area (Å²) in [5.74, 6) is 0.267. The predicted octanol–water partition coefficient (Wildman–Crippen LogP) is 3.26. The van der Waals surface area contributed by atoms with E-state index in [0.717, 1.165) is 5.56 Å². The summed E-state index contributed by atoms with van der Waals surface area (Å²) in [4.78, 5) is 43.8. The number of nitrogens with one attached hydrogen (secondary N) is 3. The zero-order valence-electron chi connectivity index (χ0n) is 25.7. The normalized spacial score (nSPS) is 19.7. The van der Waals surface area contributed by atoms with E-state index in [-0.39, 0.29) is 31.5 Å². The first-order valence-electron chi connectivity index (χ1n) is 13.4. The lowest BCUT2D eigenvalue weighted by Gasteiger charge is -2.34. The second kappa shape index (κ2) is 16.0. The van der Waals surface area contributed by atoms with Crippen LogP contribution in [0.4, 0.5) is 25.8 Å². The van der Waals surface area contributed by atoms with Crippen LogP contribution in [0.2, 0.25) is 0 Å². The number of nitrogens with zero attached hydrogens (tertiary/aromatic N) is 1. The molecule has 42 heavy (non-hydrogen) atoms. The summed E-state index contributed by atoms with van der Waals surface area (Å²) in [7, 11) is 3.05. The van der Waals surface area contributed by atoms with Crippen molar-refractivity contribution < 1.29 is 51.4 Å². The number of carbonyl (C=O) groups excluding carboxylic acids is 3. The maximum atomic E-state index is 12.5. The van der Waals surface area contributed by atoms with Gasteiger partial charge in [-0.25, -0.2) is 14.4 Å². The Morgan fingerprint density at radius 2 is 1.71 bits per heavy atom. The molecule has 3 atom stereocenters. The van der Waals surface area contributed by atoms with E-state index < -0.39 is 38.9 Å². The molecule has 0 aliphatic carbocycles. The zero-order valence-corrected chi connectivity index (χ0v) is 26.7. The second-order valence-electron chi connectivity index (χ2n) is 10.2. The third-order valence-corrected chi connectivity index (χ3v) is 9.29. The van der Waals surface area contributed by atoms with E-state index in [4.69, 9.17) is 37.1 Å². The molecule has 1 heterocycles. The molecule has 238 valence electrons. The number of ether oxygens (including phenoxy) is 4. The Morgan fingerprint density at radius 3 is 2.31 bits per heavy atom. The van der Waals surface area contributed by atoms with E-state index in [1.165, 1.54) is 21.3 Å². The van der Waals surface area contributed by atoms with Gasteiger partial charge in [0.05, 0.1) is 0 Å². The number of benzene rings is 1. The van der Waals surface area contributed by atoms with Crippen LogP contribution in [0.25, 0.3) is 0 Å². The van der Waals surface area contributed by atoms with Crippen molar-refractivity contribution in [3.8, 4) is 0 Å². The van der Waals surface area contributed by atoms with Gasteiger partial charge in [0.2, 0.25) is 0 Å². The minimum absolute atomic E-state index is 0.101. The van der Waals surface area contributed by atoms with Crippen molar-refractivity contribution in [2.24, 2.45) is 5.92 Å². The molecule has 2 rings (SSSR count). The van der Waals surface area contributed by atoms with E-state index in [1.807, 2.05) is 14.0 Å². The molecule has 0 saturated carbocycles. The Bertz CT molecular complexity index is 1050. The summed E-state index contributed by atoms with van der Waals surface area (Å²) in [6.45, 7) is 10.1. The molecule has 1 aliphatic rings. The zero-order chi connectivity index (χ0) is 31.5. The lowest BCUT2D eigenvalue weighted by atomic mass is 10.0. The highest BCUT2D eigenvalue weighted by atomic mass is 28.4. The Morgan fingerprint density at radius 1 is 1.05 bits per heavy atom. The number of amides is 3. The standard InChI is InChI=1S/C26H44N4O11Si/c1-17(2)26(5)30(6)13-21(41-26)15-37-23(31)28-22-12-20(11-10-18(22)3)27-24(32)40-19(4)14-39-29-25(33)38-16-42(34-7,35-8)36-9/h10-12,17,19,21H,13-16H2,1-9H3,(H,27,32)(H,28,31)(H,29,33). The molecule has 3 N–H and O–H groups in total. The fourth-order valence-electron chi connectivity index (χ4n) is 3.96. The SMILES string of the molecule is CO[Si](COC(=O)NOCC(C)OC(=O)Nc1ccc(C)c(NC(=O)OCC2CN(C)C(C)(C(C)C)O2)c1)(OC)OC. The molecular weight excluding hydrogens is 572 g/mol. The molecule has 0 aromatic heterocycles. The second-order valence-corrected chi connectivity index (χ2v) is 13.1. The molecule has 1 saturated heterocycles. The lowest BCUT2D eigenvalue weighted by molar-refractivity contribution is -0.121. The molecule has 16 heteroatoms. The maximum absolute atomic E-state index is 12.5. The van der Waals surface area contributed by atoms with E-state index in [9.17, 15) is 14.4 Å². The number of aryl methyl sites for hydroxylation is 1. The molecule has 0 radical (unpaired) electrons. The molecule has 1 aromatic carbocycles. The first-order valence-corrected chi connectivity index (χ1v) is 15.3. The van der Waals surface area contributed by atoms with Crippen LogP contribution in [-0.2, 0) is 37.1 Å². The minimum atomic E-state index is -3.09. The van der Waals surface area contributed by atoms with Gasteiger partial charge in [-0.3, -0.25) is 20.4 Å². The third kappa shape index (κ3) is 10.1. The average molecular weight is 617 g/mol. The van der Waals surface area contributed by atoms with Crippen LogP contribution in [0.1, 0.15) is 33.3 Å². The van der Waals surface area contributed by atoms with Crippen molar-refractivity contribution in [1.29, 1.82) is 0 Å². The van der Waals surface area contributed by atoms with E-state index in [2.05, 4.69) is 34.9 Å². The third-order valence-electron chi connectivity index (χ3n) is 6.93. The Balaban J connectivity index is 1.76. The van der Waals surface area contributed by atoms with E-state index in [0.29, 0.717) is 17.9 Å². The molecule has 3 amide bonds. The number of hydrogen-bond acceptors (Lipinski definition) is 12. The van der Waals surface area contributed by atoms with Crippen molar-refractivity contribution >= 4 is 38.5 Å². The average Bonchev–Trinajstić information content (AvgIpc) is 3.24. The van der Waals surface area contributed by atoms with Crippen LogP contribution < -0.4 is 16.1 Å².